The Balaban J connectivity index is 1.62. The first kappa shape index (κ1) is 19.0. The van der Waals surface area contributed by atoms with Gasteiger partial charge in [-0.05, 0) is 48.0 Å². The van der Waals surface area contributed by atoms with Crippen LogP contribution >= 0.6 is 0 Å². The lowest BCUT2D eigenvalue weighted by Gasteiger charge is -2.35. The summed E-state index contributed by atoms with van der Waals surface area (Å²) in [6.45, 7) is 10.8. The van der Waals surface area contributed by atoms with Crippen molar-refractivity contribution in [2.45, 2.75) is 59.9 Å². The first-order chi connectivity index (χ1) is 11.4. The zero-order valence-electron chi connectivity index (χ0n) is 15.8. The molecule has 0 aromatic heterocycles. The molecule has 3 atom stereocenters. The topological polar surface area (TPSA) is 41.1 Å². The van der Waals surface area contributed by atoms with Crippen LogP contribution in [-0.4, -0.2) is 12.6 Å². The molecule has 1 aromatic rings. The molecule has 0 bridgehead atoms. The largest absolute Gasteiger partial charge is 0.344 e. The predicted molar refractivity (Wildman–Crippen MR) is 100 cm³/mol. The van der Waals surface area contributed by atoms with E-state index >= 15 is 0 Å². The average Bonchev–Trinajstić information content (AvgIpc) is 2.84. The molecule has 1 aliphatic carbocycles. The third kappa shape index (κ3) is 5.07. The van der Waals surface area contributed by atoms with Crippen molar-refractivity contribution in [3.8, 4) is 0 Å². The molecule has 2 N–H and O–H groups in total. The van der Waals surface area contributed by atoms with Gasteiger partial charge in [0.05, 0.1) is 6.67 Å². The van der Waals surface area contributed by atoms with Crippen molar-refractivity contribution >= 4 is 5.91 Å². The number of benzene rings is 1. The minimum absolute atomic E-state index is 0.159. The normalized spacial score (nSPS) is 23.8. The van der Waals surface area contributed by atoms with Crippen molar-refractivity contribution in [3.63, 3.8) is 0 Å². The number of rotatable bonds is 8. The summed E-state index contributed by atoms with van der Waals surface area (Å²) in [5, 5.41) is 6.24. The summed E-state index contributed by atoms with van der Waals surface area (Å²) in [6, 6.07) is 10.2. The average molecular weight is 331 g/mol. The van der Waals surface area contributed by atoms with Gasteiger partial charge in [-0.1, -0.05) is 58.0 Å². The van der Waals surface area contributed by atoms with Crippen LogP contribution in [0.3, 0.4) is 0 Å². The Bertz CT molecular complexity index is 512. The molecule has 134 valence electrons. The Morgan fingerprint density at radius 1 is 1.25 bits per heavy atom. The number of carbonyl (C=O) groups is 1. The van der Waals surface area contributed by atoms with Gasteiger partial charge in [0.2, 0.25) is 5.91 Å². The second-order valence-corrected chi connectivity index (χ2v) is 8.11. The minimum atomic E-state index is 0.159. The summed E-state index contributed by atoms with van der Waals surface area (Å²) in [5.41, 5.74) is 1.64. The molecular formula is C21H34N2O. The molecule has 1 fully saturated rings. The van der Waals surface area contributed by atoms with Gasteiger partial charge in [0.15, 0.2) is 0 Å². The van der Waals surface area contributed by atoms with Gasteiger partial charge >= 0.3 is 0 Å². The Morgan fingerprint density at radius 2 is 1.96 bits per heavy atom. The first-order valence-electron chi connectivity index (χ1n) is 9.42. The molecule has 1 saturated carbocycles. The van der Waals surface area contributed by atoms with Gasteiger partial charge in [0.1, 0.15) is 0 Å². The van der Waals surface area contributed by atoms with Crippen LogP contribution in [-0.2, 0) is 11.3 Å². The summed E-state index contributed by atoms with van der Waals surface area (Å²) in [6.07, 6.45) is 4.27. The highest BCUT2D eigenvalue weighted by atomic mass is 16.1. The van der Waals surface area contributed by atoms with Gasteiger partial charge in [-0.25, -0.2) is 0 Å². The van der Waals surface area contributed by atoms with E-state index in [1.165, 1.54) is 18.4 Å². The number of hydrogen-bond acceptors (Lipinski definition) is 2. The van der Waals surface area contributed by atoms with Crippen molar-refractivity contribution in [1.82, 2.24) is 10.6 Å². The van der Waals surface area contributed by atoms with Crippen LogP contribution in [0.1, 0.15) is 58.9 Å². The fourth-order valence-electron chi connectivity index (χ4n) is 4.17. The summed E-state index contributed by atoms with van der Waals surface area (Å²) >= 11 is 0. The van der Waals surface area contributed by atoms with Crippen LogP contribution in [0.15, 0.2) is 30.3 Å². The van der Waals surface area contributed by atoms with Crippen molar-refractivity contribution in [2.24, 2.45) is 23.2 Å². The number of amides is 1. The highest BCUT2D eigenvalue weighted by Crippen LogP contribution is 2.51. The van der Waals surface area contributed by atoms with E-state index in [2.05, 4.69) is 50.5 Å². The Kier molecular flexibility index (Phi) is 6.85. The number of hydrogen-bond donors (Lipinski definition) is 2. The molecule has 3 nitrogen and oxygen atoms in total. The Hall–Kier alpha value is -1.35. The Morgan fingerprint density at radius 3 is 2.58 bits per heavy atom. The molecule has 1 aliphatic rings. The van der Waals surface area contributed by atoms with E-state index in [1.54, 1.807) is 0 Å². The van der Waals surface area contributed by atoms with Gasteiger partial charge in [-0.15, -0.1) is 0 Å². The van der Waals surface area contributed by atoms with E-state index in [0.29, 0.717) is 24.4 Å². The zero-order chi connectivity index (χ0) is 17.6. The van der Waals surface area contributed by atoms with E-state index in [9.17, 15) is 4.79 Å². The maximum Gasteiger partial charge on any atom is 0.220 e. The van der Waals surface area contributed by atoms with Gasteiger partial charge in [0, 0.05) is 13.0 Å². The molecule has 1 amide bonds. The third-order valence-corrected chi connectivity index (χ3v) is 6.23. The van der Waals surface area contributed by atoms with Crippen molar-refractivity contribution < 1.29 is 4.79 Å². The lowest BCUT2D eigenvalue weighted by Crippen LogP contribution is -2.34. The van der Waals surface area contributed by atoms with Crippen molar-refractivity contribution in [3.05, 3.63) is 35.9 Å². The Labute approximate surface area is 147 Å². The smallest absolute Gasteiger partial charge is 0.220 e. The second-order valence-electron chi connectivity index (χ2n) is 8.11. The maximum absolute atomic E-state index is 12.0. The molecule has 24 heavy (non-hydrogen) atoms. The fraction of sp³-hybridized carbons (Fsp3) is 0.667. The number of carbonyl (C=O) groups excluding carboxylic acids is 1. The lowest BCUT2D eigenvalue weighted by molar-refractivity contribution is -0.121. The van der Waals surface area contributed by atoms with Crippen LogP contribution in [0.25, 0.3) is 0 Å². The molecule has 0 aliphatic heterocycles. The summed E-state index contributed by atoms with van der Waals surface area (Å²) in [5.74, 6) is 2.32. The van der Waals surface area contributed by atoms with Gasteiger partial charge in [0.25, 0.3) is 0 Å². The molecule has 3 heteroatoms. The highest BCUT2D eigenvalue weighted by molar-refractivity contribution is 5.75. The second kappa shape index (κ2) is 8.66. The first-order valence-corrected chi connectivity index (χ1v) is 9.42. The third-order valence-electron chi connectivity index (χ3n) is 6.23. The van der Waals surface area contributed by atoms with E-state index in [1.807, 2.05) is 18.2 Å². The minimum Gasteiger partial charge on any atom is -0.344 e. The maximum atomic E-state index is 12.0. The van der Waals surface area contributed by atoms with E-state index in [4.69, 9.17) is 0 Å². The number of nitrogens with one attached hydrogen (secondary N) is 2. The molecule has 0 saturated heterocycles. The lowest BCUT2D eigenvalue weighted by atomic mass is 9.70. The van der Waals surface area contributed by atoms with Crippen molar-refractivity contribution in [2.75, 3.05) is 6.67 Å². The summed E-state index contributed by atoms with van der Waals surface area (Å²) in [4.78, 5) is 12.0. The molecule has 0 radical (unpaired) electrons. The standard InChI is InChI=1S/C21H34N2O/c1-16(19-12-11-17(2)21(19,3)4)10-13-20(24)23-15-22-14-18-8-6-5-7-9-18/h5-9,16-17,19,22H,10-15H2,1-4H3,(H,23,24). The predicted octanol–water partition coefficient (Wildman–Crippen LogP) is 4.34. The highest BCUT2D eigenvalue weighted by Gasteiger charge is 2.42. The summed E-state index contributed by atoms with van der Waals surface area (Å²) < 4.78 is 0. The molecule has 2 rings (SSSR count). The van der Waals surface area contributed by atoms with Gasteiger partial charge in [-0.3, -0.25) is 10.1 Å². The molecule has 0 spiro atoms. The van der Waals surface area contributed by atoms with Crippen LogP contribution in [0, 0.1) is 23.2 Å². The van der Waals surface area contributed by atoms with Crippen LogP contribution in [0.2, 0.25) is 0 Å². The van der Waals surface area contributed by atoms with Gasteiger partial charge < -0.3 is 5.32 Å². The van der Waals surface area contributed by atoms with E-state index in [-0.39, 0.29) is 5.91 Å². The van der Waals surface area contributed by atoms with E-state index in [0.717, 1.165) is 24.8 Å². The molecule has 3 unspecified atom stereocenters. The molecular weight excluding hydrogens is 296 g/mol. The van der Waals surface area contributed by atoms with Crippen molar-refractivity contribution in [1.29, 1.82) is 0 Å². The van der Waals surface area contributed by atoms with E-state index < -0.39 is 0 Å². The van der Waals surface area contributed by atoms with Crippen LogP contribution < -0.4 is 10.6 Å². The monoisotopic (exact) mass is 330 g/mol. The zero-order valence-corrected chi connectivity index (χ0v) is 15.8. The molecule has 0 heterocycles. The van der Waals surface area contributed by atoms with Crippen LogP contribution in [0.5, 0.6) is 0 Å². The summed E-state index contributed by atoms with van der Waals surface area (Å²) in [7, 11) is 0. The van der Waals surface area contributed by atoms with Gasteiger partial charge in [-0.2, -0.15) is 0 Å². The molecule has 1 aromatic carbocycles. The fourth-order valence-corrected chi connectivity index (χ4v) is 4.17. The van der Waals surface area contributed by atoms with Crippen LogP contribution in [0.4, 0.5) is 0 Å². The SMILES string of the molecule is CC(CCC(=O)NCNCc1ccccc1)C1CCC(C)C1(C)C. The quantitative estimate of drug-likeness (QED) is 0.550.